The van der Waals surface area contributed by atoms with E-state index in [-0.39, 0.29) is 28.3 Å². The summed E-state index contributed by atoms with van der Waals surface area (Å²) in [6.07, 6.45) is 4.64. The van der Waals surface area contributed by atoms with Crippen molar-refractivity contribution in [1.82, 2.24) is 20.2 Å². The predicted octanol–water partition coefficient (Wildman–Crippen LogP) is 4.20. The average molecular weight is 422 g/mol. The molecule has 0 spiro atoms. The SMILES string of the molecule is COC(=O)c1cncc([C@@]23CC[C@@H](c4cc(-c5c(F)cccc5F)nnc42)C3(C)C)n1. The van der Waals surface area contributed by atoms with Gasteiger partial charge in [0, 0.05) is 6.20 Å². The number of methoxy groups -OCH3 is 1. The molecule has 8 heteroatoms. The average Bonchev–Trinajstić information content (AvgIpc) is 3.14. The number of benzene rings is 1. The highest BCUT2D eigenvalue weighted by molar-refractivity contribution is 5.86. The molecule has 1 saturated carbocycles. The van der Waals surface area contributed by atoms with E-state index in [2.05, 4.69) is 34.0 Å². The molecule has 1 aromatic carbocycles. The first-order valence-corrected chi connectivity index (χ1v) is 10.0. The Labute approximate surface area is 177 Å². The first-order chi connectivity index (χ1) is 14.8. The largest absolute Gasteiger partial charge is 0.464 e. The molecule has 3 aromatic rings. The minimum absolute atomic E-state index is 0.107. The molecule has 0 radical (unpaired) electrons. The first kappa shape index (κ1) is 19.7. The van der Waals surface area contributed by atoms with Gasteiger partial charge in [0.05, 0.1) is 41.4 Å². The van der Waals surface area contributed by atoms with Gasteiger partial charge in [0.15, 0.2) is 5.69 Å². The monoisotopic (exact) mass is 422 g/mol. The summed E-state index contributed by atoms with van der Waals surface area (Å²) in [6.45, 7) is 4.25. The van der Waals surface area contributed by atoms with Crippen molar-refractivity contribution in [3.63, 3.8) is 0 Å². The summed E-state index contributed by atoms with van der Waals surface area (Å²) < 4.78 is 33.5. The van der Waals surface area contributed by atoms with Gasteiger partial charge in [-0.1, -0.05) is 19.9 Å². The third-order valence-electron chi connectivity index (χ3n) is 7.07. The van der Waals surface area contributed by atoms with Gasteiger partial charge >= 0.3 is 5.97 Å². The highest BCUT2D eigenvalue weighted by Crippen LogP contribution is 2.69. The molecular formula is C23H20F2N4O2. The van der Waals surface area contributed by atoms with Gasteiger partial charge in [0.25, 0.3) is 0 Å². The highest BCUT2D eigenvalue weighted by Gasteiger charge is 2.65. The first-order valence-electron chi connectivity index (χ1n) is 10.0. The minimum Gasteiger partial charge on any atom is -0.464 e. The van der Waals surface area contributed by atoms with Crippen molar-refractivity contribution < 1.29 is 18.3 Å². The van der Waals surface area contributed by atoms with Gasteiger partial charge in [0.1, 0.15) is 11.6 Å². The van der Waals surface area contributed by atoms with Crippen LogP contribution in [0, 0.1) is 17.0 Å². The van der Waals surface area contributed by atoms with E-state index in [4.69, 9.17) is 4.74 Å². The second-order valence-corrected chi connectivity index (χ2v) is 8.63. The van der Waals surface area contributed by atoms with E-state index in [1.807, 2.05) is 0 Å². The number of nitrogens with zero attached hydrogens (tertiary/aromatic N) is 4. The smallest absolute Gasteiger partial charge is 0.358 e. The van der Waals surface area contributed by atoms with Crippen molar-refractivity contribution in [3.8, 4) is 11.3 Å². The van der Waals surface area contributed by atoms with Crippen LogP contribution in [-0.2, 0) is 10.2 Å². The van der Waals surface area contributed by atoms with Crippen LogP contribution in [0.15, 0.2) is 36.7 Å². The van der Waals surface area contributed by atoms with Gasteiger partial charge in [0.2, 0.25) is 0 Å². The van der Waals surface area contributed by atoms with Crippen LogP contribution in [0.1, 0.15) is 60.0 Å². The Morgan fingerprint density at radius 2 is 1.90 bits per heavy atom. The summed E-state index contributed by atoms with van der Waals surface area (Å²) in [5, 5.41) is 8.67. The maximum atomic E-state index is 14.4. The quantitative estimate of drug-likeness (QED) is 0.589. The zero-order valence-electron chi connectivity index (χ0n) is 17.3. The van der Waals surface area contributed by atoms with Crippen molar-refractivity contribution in [3.05, 3.63) is 70.9 Å². The van der Waals surface area contributed by atoms with Crippen LogP contribution in [-0.4, -0.2) is 33.2 Å². The van der Waals surface area contributed by atoms with Gasteiger partial charge in [-0.15, -0.1) is 5.10 Å². The van der Waals surface area contributed by atoms with Crippen LogP contribution < -0.4 is 0 Å². The summed E-state index contributed by atoms with van der Waals surface area (Å²) in [4.78, 5) is 20.8. The molecule has 0 aliphatic heterocycles. The minimum atomic E-state index is -0.678. The highest BCUT2D eigenvalue weighted by atomic mass is 19.1. The Kier molecular flexibility index (Phi) is 4.19. The van der Waals surface area contributed by atoms with Crippen LogP contribution in [0.2, 0.25) is 0 Å². The molecule has 2 atom stereocenters. The summed E-state index contributed by atoms with van der Waals surface area (Å²) in [7, 11) is 1.30. The zero-order chi connectivity index (χ0) is 22.0. The Bertz CT molecular complexity index is 1210. The van der Waals surface area contributed by atoms with E-state index in [1.165, 1.54) is 31.5 Å². The zero-order valence-corrected chi connectivity index (χ0v) is 17.3. The number of fused-ring (bicyclic) bond motifs is 5. The maximum absolute atomic E-state index is 14.4. The second kappa shape index (κ2) is 6.60. The normalized spacial score (nSPS) is 22.9. The Balaban J connectivity index is 1.70. The van der Waals surface area contributed by atoms with Gasteiger partial charge in [-0.3, -0.25) is 4.98 Å². The van der Waals surface area contributed by atoms with Gasteiger partial charge in [-0.25, -0.2) is 18.6 Å². The van der Waals surface area contributed by atoms with Crippen LogP contribution in [0.4, 0.5) is 8.78 Å². The Morgan fingerprint density at radius 3 is 2.61 bits per heavy atom. The molecule has 1 fully saturated rings. The van der Waals surface area contributed by atoms with Crippen molar-refractivity contribution in [1.29, 1.82) is 0 Å². The molecule has 0 amide bonds. The predicted molar refractivity (Wildman–Crippen MR) is 107 cm³/mol. The molecule has 158 valence electrons. The van der Waals surface area contributed by atoms with E-state index in [0.29, 0.717) is 5.69 Å². The molecule has 2 aromatic heterocycles. The standard InChI is InChI=1S/C23H20F2N4O2/c1-22(2)13-7-8-23(22,18-11-26-10-17(27-18)21(30)31-3)20-12(13)9-16(28-29-20)19-14(24)5-4-6-15(19)25/h4-6,9-11,13H,7-8H2,1-3H3/t13-,23-/m0/s1. The van der Waals surface area contributed by atoms with E-state index in [0.717, 1.165) is 24.1 Å². The molecule has 6 nitrogen and oxygen atoms in total. The lowest BCUT2D eigenvalue weighted by Crippen LogP contribution is -2.38. The second-order valence-electron chi connectivity index (χ2n) is 8.63. The fraction of sp³-hybridized carbons (Fsp3) is 0.348. The lowest BCUT2D eigenvalue weighted by molar-refractivity contribution is 0.0592. The van der Waals surface area contributed by atoms with Crippen LogP contribution in [0.3, 0.4) is 0 Å². The molecule has 2 aliphatic carbocycles. The van der Waals surface area contributed by atoms with Gasteiger partial charge < -0.3 is 4.74 Å². The third-order valence-corrected chi connectivity index (χ3v) is 7.07. The molecule has 31 heavy (non-hydrogen) atoms. The van der Waals surface area contributed by atoms with E-state index in [1.54, 1.807) is 12.3 Å². The summed E-state index contributed by atoms with van der Waals surface area (Å²) >= 11 is 0. The fourth-order valence-corrected chi connectivity index (χ4v) is 5.53. The van der Waals surface area contributed by atoms with E-state index < -0.39 is 23.0 Å². The number of carbonyl (C=O) groups excluding carboxylic acids is 1. The third kappa shape index (κ3) is 2.50. The van der Waals surface area contributed by atoms with Crippen LogP contribution >= 0.6 is 0 Å². The summed E-state index contributed by atoms with van der Waals surface area (Å²) in [5.41, 5.74) is 1.46. The maximum Gasteiger partial charge on any atom is 0.358 e. The molecule has 2 heterocycles. The Hall–Kier alpha value is -3.29. The van der Waals surface area contributed by atoms with Crippen LogP contribution in [0.5, 0.6) is 0 Å². The number of hydrogen-bond donors (Lipinski definition) is 0. The van der Waals surface area contributed by atoms with Crippen molar-refractivity contribution >= 4 is 5.97 Å². The summed E-state index contributed by atoms with van der Waals surface area (Å²) in [5.74, 6) is -1.81. The number of ether oxygens (including phenoxy) is 1. The van der Waals surface area contributed by atoms with Gasteiger partial charge in [-0.2, -0.15) is 5.10 Å². The van der Waals surface area contributed by atoms with Crippen molar-refractivity contribution in [2.75, 3.05) is 7.11 Å². The molecule has 2 aliphatic rings. The van der Waals surface area contributed by atoms with Crippen LogP contribution in [0.25, 0.3) is 11.3 Å². The van der Waals surface area contributed by atoms with E-state index in [9.17, 15) is 13.6 Å². The number of carbonyl (C=O) groups is 1. The Morgan fingerprint density at radius 1 is 1.16 bits per heavy atom. The molecule has 0 unspecified atom stereocenters. The number of esters is 1. The van der Waals surface area contributed by atoms with E-state index >= 15 is 0 Å². The lowest BCUT2D eigenvalue weighted by Gasteiger charge is -2.37. The van der Waals surface area contributed by atoms with Crippen molar-refractivity contribution in [2.24, 2.45) is 5.41 Å². The molecule has 0 N–H and O–H groups in total. The van der Waals surface area contributed by atoms with Gasteiger partial charge in [-0.05, 0) is 47.9 Å². The number of hydrogen-bond acceptors (Lipinski definition) is 6. The molecular weight excluding hydrogens is 402 g/mol. The fourth-order valence-electron chi connectivity index (χ4n) is 5.53. The van der Waals surface area contributed by atoms with Crippen molar-refractivity contribution in [2.45, 2.75) is 38.0 Å². The summed E-state index contributed by atoms with van der Waals surface area (Å²) in [6, 6.07) is 5.48. The number of rotatable bonds is 3. The molecule has 2 bridgehead atoms. The number of halogens is 2. The lowest BCUT2D eigenvalue weighted by atomic mass is 9.66. The topological polar surface area (TPSA) is 77.9 Å². The number of aromatic nitrogens is 4. The molecule has 5 rings (SSSR count). The molecule has 0 saturated heterocycles.